The van der Waals surface area contributed by atoms with Gasteiger partial charge in [0.25, 0.3) is 5.91 Å². The zero-order chi connectivity index (χ0) is 15.7. The number of aryl methyl sites for hydroxylation is 3. The molecule has 0 atom stereocenters. The Morgan fingerprint density at radius 3 is 2.95 bits per heavy atom. The first kappa shape index (κ1) is 14.7. The summed E-state index contributed by atoms with van der Waals surface area (Å²) in [6.07, 6.45) is 3.11. The molecule has 0 spiro atoms. The Kier molecular flexibility index (Phi) is 3.94. The minimum Gasteiger partial charge on any atom is -0.348 e. The highest BCUT2D eigenvalue weighted by molar-refractivity contribution is 6.01. The highest BCUT2D eigenvalue weighted by Crippen LogP contribution is 2.16. The number of nitrogens with zero attached hydrogens (tertiary/aromatic N) is 3. The third-order valence-corrected chi connectivity index (χ3v) is 3.93. The fraction of sp³-hybridized carbons (Fsp3) is 0.438. The van der Waals surface area contributed by atoms with E-state index in [2.05, 4.69) is 26.8 Å². The maximum atomic E-state index is 12.6. The molecule has 0 fully saturated rings. The Morgan fingerprint density at radius 1 is 1.41 bits per heavy atom. The minimum absolute atomic E-state index is 0.107. The molecule has 0 bridgehead atoms. The molecule has 2 N–H and O–H groups in total. The first-order valence-electron chi connectivity index (χ1n) is 7.56. The summed E-state index contributed by atoms with van der Waals surface area (Å²) < 4.78 is 1.74. The van der Waals surface area contributed by atoms with E-state index in [0.717, 1.165) is 30.9 Å². The largest absolute Gasteiger partial charge is 0.348 e. The zero-order valence-corrected chi connectivity index (χ0v) is 13.2. The Balaban J connectivity index is 1.87. The van der Waals surface area contributed by atoms with Crippen molar-refractivity contribution in [2.24, 2.45) is 0 Å². The number of hydrogen-bond acceptors (Lipinski definition) is 4. The van der Waals surface area contributed by atoms with Crippen LogP contribution < -0.4 is 10.6 Å². The fourth-order valence-corrected chi connectivity index (χ4v) is 2.81. The fourth-order valence-electron chi connectivity index (χ4n) is 2.81. The summed E-state index contributed by atoms with van der Waals surface area (Å²) >= 11 is 0. The van der Waals surface area contributed by atoms with Crippen molar-refractivity contribution in [3.05, 3.63) is 40.4 Å². The summed E-state index contributed by atoms with van der Waals surface area (Å²) in [5, 5.41) is 10.7. The Morgan fingerprint density at radius 2 is 2.23 bits per heavy atom. The second-order valence-electron chi connectivity index (χ2n) is 5.73. The smallest absolute Gasteiger partial charge is 0.257 e. The number of carbonyl (C=O) groups is 1. The van der Waals surface area contributed by atoms with E-state index >= 15 is 0 Å². The van der Waals surface area contributed by atoms with E-state index in [9.17, 15) is 4.79 Å². The SMILES string of the molecule is Cc1cc(C)n2nc(C)c(C(=O)NCC3=CCNCC3)c2n1. The van der Waals surface area contributed by atoms with Crippen LogP contribution in [0.25, 0.3) is 5.65 Å². The van der Waals surface area contributed by atoms with Crippen LogP contribution >= 0.6 is 0 Å². The number of aromatic nitrogens is 3. The summed E-state index contributed by atoms with van der Waals surface area (Å²) in [5.41, 5.74) is 5.04. The second kappa shape index (κ2) is 5.88. The summed E-state index contributed by atoms with van der Waals surface area (Å²) in [6, 6.07) is 1.96. The Hall–Kier alpha value is -2.21. The van der Waals surface area contributed by atoms with E-state index in [0.29, 0.717) is 23.4 Å². The van der Waals surface area contributed by atoms with Crippen LogP contribution in [0.15, 0.2) is 17.7 Å². The van der Waals surface area contributed by atoms with E-state index in [1.165, 1.54) is 5.57 Å². The highest BCUT2D eigenvalue weighted by atomic mass is 16.1. The van der Waals surface area contributed by atoms with E-state index in [1.807, 2.05) is 26.8 Å². The molecule has 0 aliphatic carbocycles. The summed E-state index contributed by atoms with van der Waals surface area (Å²) in [4.78, 5) is 17.0. The molecule has 0 radical (unpaired) electrons. The van der Waals surface area contributed by atoms with Gasteiger partial charge in [-0.1, -0.05) is 11.6 Å². The molecule has 116 valence electrons. The summed E-state index contributed by atoms with van der Waals surface area (Å²) in [5.74, 6) is -0.107. The maximum Gasteiger partial charge on any atom is 0.257 e. The molecule has 0 saturated heterocycles. The van der Waals surface area contributed by atoms with Crippen LogP contribution in [-0.2, 0) is 0 Å². The lowest BCUT2D eigenvalue weighted by Crippen LogP contribution is -2.30. The van der Waals surface area contributed by atoms with Crippen LogP contribution in [0.5, 0.6) is 0 Å². The molecule has 0 unspecified atom stereocenters. The van der Waals surface area contributed by atoms with E-state index in [4.69, 9.17) is 0 Å². The van der Waals surface area contributed by atoms with Crippen molar-refractivity contribution < 1.29 is 4.79 Å². The molecular formula is C16H21N5O. The molecule has 1 amide bonds. The summed E-state index contributed by atoms with van der Waals surface area (Å²) in [6.45, 7) is 8.18. The topological polar surface area (TPSA) is 71.3 Å². The molecule has 1 aliphatic heterocycles. The number of hydrogen-bond donors (Lipinski definition) is 2. The lowest BCUT2D eigenvalue weighted by atomic mass is 10.1. The Bertz CT molecular complexity index is 759. The van der Waals surface area contributed by atoms with Crippen LogP contribution in [0, 0.1) is 20.8 Å². The number of amides is 1. The molecule has 6 heteroatoms. The predicted molar refractivity (Wildman–Crippen MR) is 85.1 cm³/mol. The van der Waals surface area contributed by atoms with Gasteiger partial charge in [-0.2, -0.15) is 5.10 Å². The molecule has 0 saturated carbocycles. The van der Waals surface area contributed by atoms with Crippen molar-refractivity contribution in [1.82, 2.24) is 25.2 Å². The van der Waals surface area contributed by atoms with E-state index in [1.54, 1.807) is 4.52 Å². The third-order valence-electron chi connectivity index (χ3n) is 3.93. The van der Waals surface area contributed by atoms with Crippen molar-refractivity contribution in [3.8, 4) is 0 Å². The van der Waals surface area contributed by atoms with Gasteiger partial charge in [-0.15, -0.1) is 0 Å². The number of carbonyl (C=O) groups excluding carboxylic acids is 1. The van der Waals surface area contributed by atoms with Gasteiger partial charge >= 0.3 is 0 Å². The minimum atomic E-state index is -0.107. The molecule has 3 rings (SSSR count). The molecular weight excluding hydrogens is 278 g/mol. The molecule has 3 heterocycles. The predicted octanol–water partition coefficient (Wildman–Crippen LogP) is 1.30. The highest BCUT2D eigenvalue weighted by Gasteiger charge is 2.19. The first-order chi connectivity index (χ1) is 10.6. The van der Waals surface area contributed by atoms with Crippen LogP contribution in [0.4, 0.5) is 0 Å². The Labute approximate surface area is 129 Å². The van der Waals surface area contributed by atoms with Crippen molar-refractivity contribution in [2.75, 3.05) is 19.6 Å². The number of rotatable bonds is 3. The van der Waals surface area contributed by atoms with Crippen LogP contribution in [0.1, 0.15) is 33.9 Å². The normalized spacial score (nSPS) is 15.0. The van der Waals surface area contributed by atoms with Crippen LogP contribution in [-0.4, -0.2) is 40.1 Å². The van der Waals surface area contributed by atoms with Gasteiger partial charge in [-0.3, -0.25) is 4.79 Å². The van der Waals surface area contributed by atoms with Gasteiger partial charge in [-0.25, -0.2) is 9.50 Å². The standard InChI is InChI=1S/C16H21N5O/c1-10-8-11(2)21-15(19-10)14(12(3)20-21)16(22)18-9-13-4-6-17-7-5-13/h4,8,17H,5-7,9H2,1-3H3,(H,18,22). The van der Waals surface area contributed by atoms with Gasteiger partial charge in [0.15, 0.2) is 5.65 Å². The maximum absolute atomic E-state index is 12.6. The number of fused-ring (bicyclic) bond motifs is 1. The molecule has 22 heavy (non-hydrogen) atoms. The summed E-state index contributed by atoms with van der Waals surface area (Å²) in [7, 11) is 0. The van der Waals surface area contributed by atoms with Crippen molar-refractivity contribution in [1.29, 1.82) is 0 Å². The van der Waals surface area contributed by atoms with Gasteiger partial charge in [0, 0.05) is 24.5 Å². The molecule has 6 nitrogen and oxygen atoms in total. The molecule has 0 aromatic carbocycles. The average Bonchev–Trinajstić information content (AvgIpc) is 2.82. The lowest BCUT2D eigenvalue weighted by molar-refractivity contribution is 0.0957. The quantitative estimate of drug-likeness (QED) is 0.838. The average molecular weight is 299 g/mol. The number of nitrogens with one attached hydrogen (secondary N) is 2. The van der Waals surface area contributed by atoms with E-state index in [-0.39, 0.29) is 5.91 Å². The second-order valence-corrected chi connectivity index (χ2v) is 5.73. The molecule has 2 aromatic rings. The lowest BCUT2D eigenvalue weighted by Gasteiger charge is -2.14. The zero-order valence-electron chi connectivity index (χ0n) is 13.2. The van der Waals surface area contributed by atoms with Crippen molar-refractivity contribution in [2.45, 2.75) is 27.2 Å². The van der Waals surface area contributed by atoms with Gasteiger partial charge in [0.2, 0.25) is 0 Å². The first-order valence-corrected chi connectivity index (χ1v) is 7.56. The van der Waals surface area contributed by atoms with Gasteiger partial charge < -0.3 is 10.6 Å². The van der Waals surface area contributed by atoms with E-state index < -0.39 is 0 Å². The molecule has 1 aliphatic rings. The van der Waals surface area contributed by atoms with Crippen LogP contribution in [0.2, 0.25) is 0 Å². The van der Waals surface area contributed by atoms with Gasteiger partial charge in [0.05, 0.1) is 5.69 Å². The van der Waals surface area contributed by atoms with Crippen molar-refractivity contribution >= 4 is 11.6 Å². The van der Waals surface area contributed by atoms with Crippen LogP contribution in [0.3, 0.4) is 0 Å². The van der Waals surface area contributed by atoms with Crippen molar-refractivity contribution in [3.63, 3.8) is 0 Å². The van der Waals surface area contributed by atoms with Gasteiger partial charge in [0.1, 0.15) is 5.56 Å². The van der Waals surface area contributed by atoms with Gasteiger partial charge in [-0.05, 0) is 39.8 Å². The monoisotopic (exact) mass is 299 g/mol. The molecule has 2 aromatic heterocycles. The third kappa shape index (κ3) is 2.74.